The molecular formula is C19H24N2O6. The van der Waals surface area contributed by atoms with Crippen molar-refractivity contribution in [2.75, 3.05) is 19.8 Å². The summed E-state index contributed by atoms with van der Waals surface area (Å²) in [5.74, 6) is -0.342. The number of fused-ring (bicyclic) bond motifs is 1. The Morgan fingerprint density at radius 2 is 1.85 bits per heavy atom. The molecule has 0 bridgehead atoms. The van der Waals surface area contributed by atoms with Crippen LogP contribution in [0, 0.1) is 16.0 Å². The monoisotopic (exact) mass is 376 g/mol. The van der Waals surface area contributed by atoms with Crippen molar-refractivity contribution in [2.24, 2.45) is 5.92 Å². The van der Waals surface area contributed by atoms with Crippen molar-refractivity contribution < 1.29 is 24.0 Å². The van der Waals surface area contributed by atoms with Gasteiger partial charge < -0.3 is 14.4 Å². The number of nitro benzene ring substituents is 1. The number of benzene rings is 1. The number of nitrogens with zero attached hydrogens (tertiary/aromatic N) is 2. The fourth-order valence-corrected chi connectivity index (χ4v) is 4.07. The molecule has 2 atom stereocenters. The molecule has 1 saturated heterocycles. The molecular weight excluding hydrogens is 352 g/mol. The Hall–Kier alpha value is -2.64. The van der Waals surface area contributed by atoms with E-state index in [1.165, 1.54) is 24.6 Å². The number of hydrogen-bond donors (Lipinski definition) is 0. The van der Waals surface area contributed by atoms with Gasteiger partial charge in [0.2, 0.25) is 0 Å². The van der Waals surface area contributed by atoms with E-state index in [-0.39, 0.29) is 30.0 Å². The van der Waals surface area contributed by atoms with Crippen LogP contribution in [0.15, 0.2) is 24.3 Å². The summed E-state index contributed by atoms with van der Waals surface area (Å²) in [5.41, 5.74) is -0.224. The van der Waals surface area contributed by atoms with Gasteiger partial charge in [0.25, 0.3) is 5.91 Å². The van der Waals surface area contributed by atoms with E-state index < -0.39 is 17.5 Å². The highest BCUT2D eigenvalue weighted by Gasteiger charge is 2.35. The van der Waals surface area contributed by atoms with Gasteiger partial charge in [0.1, 0.15) is 0 Å². The summed E-state index contributed by atoms with van der Waals surface area (Å²) in [6, 6.07) is 6.06. The number of para-hydroxylation sites is 2. The Morgan fingerprint density at radius 3 is 2.67 bits per heavy atom. The van der Waals surface area contributed by atoms with Crippen molar-refractivity contribution in [1.29, 1.82) is 0 Å². The molecule has 1 aliphatic carbocycles. The van der Waals surface area contributed by atoms with Gasteiger partial charge in [0, 0.05) is 18.7 Å². The second-order valence-electron chi connectivity index (χ2n) is 7.02. The van der Waals surface area contributed by atoms with Crippen molar-refractivity contribution in [3.05, 3.63) is 34.4 Å². The molecule has 1 amide bonds. The highest BCUT2D eigenvalue weighted by atomic mass is 16.6. The summed E-state index contributed by atoms with van der Waals surface area (Å²) in [5, 5.41) is 10.9. The number of nitro groups is 1. The van der Waals surface area contributed by atoms with Crippen LogP contribution in [-0.4, -0.2) is 47.5 Å². The maximum atomic E-state index is 12.5. The van der Waals surface area contributed by atoms with Crippen LogP contribution in [0.1, 0.15) is 38.5 Å². The minimum atomic E-state index is -0.723. The normalized spacial score (nSPS) is 21.9. The second-order valence-corrected chi connectivity index (χ2v) is 7.02. The molecule has 1 aromatic carbocycles. The number of esters is 1. The van der Waals surface area contributed by atoms with Crippen molar-refractivity contribution in [1.82, 2.24) is 4.90 Å². The molecule has 1 aromatic rings. The number of carbonyl (C=O) groups is 2. The van der Waals surface area contributed by atoms with Crippen molar-refractivity contribution >= 4 is 17.6 Å². The molecule has 146 valence electrons. The van der Waals surface area contributed by atoms with Crippen LogP contribution in [0.3, 0.4) is 0 Å². The van der Waals surface area contributed by atoms with Gasteiger partial charge in [0.15, 0.2) is 19.0 Å². The molecule has 3 rings (SSSR count). The standard InChI is InChI=1S/C19H24N2O6/c22-18(20-11-5-7-14-6-1-2-8-15(14)20)12-27-19(23)13-26-17-10-4-3-9-16(17)21(24)25/h3-4,9-10,14-15H,1-2,5-8,11-13H2/t14-,15+/m1/s1. The molecule has 0 aromatic heterocycles. The number of likely N-dealkylation sites (tertiary alicyclic amines) is 1. The molecule has 8 nitrogen and oxygen atoms in total. The van der Waals surface area contributed by atoms with Gasteiger partial charge in [-0.15, -0.1) is 0 Å². The predicted octanol–water partition coefficient (Wildman–Crippen LogP) is 2.70. The maximum absolute atomic E-state index is 12.5. The zero-order valence-electron chi connectivity index (χ0n) is 15.2. The van der Waals surface area contributed by atoms with E-state index in [0.717, 1.165) is 32.1 Å². The van der Waals surface area contributed by atoms with E-state index in [4.69, 9.17) is 9.47 Å². The average molecular weight is 376 g/mol. The van der Waals surface area contributed by atoms with Gasteiger partial charge in [-0.1, -0.05) is 25.0 Å². The van der Waals surface area contributed by atoms with Crippen LogP contribution >= 0.6 is 0 Å². The summed E-state index contributed by atoms with van der Waals surface area (Å²) >= 11 is 0. The van der Waals surface area contributed by atoms with Crippen LogP contribution in [0.5, 0.6) is 5.75 Å². The minimum absolute atomic E-state index is 0.00754. The lowest BCUT2D eigenvalue weighted by atomic mass is 9.78. The number of amides is 1. The lowest BCUT2D eigenvalue weighted by Crippen LogP contribution is -2.51. The fourth-order valence-electron chi connectivity index (χ4n) is 4.07. The van der Waals surface area contributed by atoms with E-state index in [2.05, 4.69) is 0 Å². The van der Waals surface area contributed by atoms with Crippen molar-refractivity contribution in [3.8, 4) is 5.75 Å². The van der Waals surface area contributed by atoms with Crippen LogP contribution in [0.25, 0.3) is 0 Å². The fraction of sp³-hybridized carbons (Fsp3) is 0.579. The first-order chi connectivity index (χ1) is 13.1. The number of rotatable bonds is 6. The van der Waals surface area contributed by atoms with Gasteiger partial charge in [-0.05, 0) is 37.7 Å². The van der Waals surface area contributed by atoms with Crippen LogP contribution in [0.2, 0.25) is 0 Å². The SMILES string of the molecule is O=C(COc1ccccc1[N+](=O)[O-])OCC(=O)N1CCC[C@H]2CCCC[C@@H]21. The molecule has 2 fully saturated rings. The van der Waals surface area contributed by atoms with Gasteiger partial charge in [-0.3, -0.25) is 14.9 Å². The Morgan fingerprint density at radius 1 is 1.11 bits per heavy atom. The molecule has 0 spiro atoms. The van der Waals surface area contributed by atoms with Crippen molar-refractivity contribution in [3.63, 3.8) is 0 Å². The van der Waals surface area contributed by atoms with E-state index in [1.54, 1.807) is 6.07 Å². The Balaban J connectivity index is 1.47. The molecule has 0 radical (unpaired) electrons. The highest BCUT2D eigenvalue weighted by molar-refractivity contribution is 5.81. The summed E-state index contributed by atoms with van der Waals surface area (Å²) in [4.78, 5) is 36.6. The Labute approximate surface area is 157 Å². The third kappa shape index (κ3) is 4.75. The topological polar surface area (TPSA) is 99.0 Å². The van der Waals surface area contributed by atoms with Crippen LogP contribution in [-0.2, 0) is 14.3 Å². The maximum Gasteiger partial charge on any atom is 0.344 e. The van der Waals surface area contributed by atoms with Gasteiger partial charge in [-0.25, -0.2) is 4.79 Å². The summed E-state index contributed by atoms with van der Waals surface area (Å²) < 4.78 is 10.2. The van der Waals surface area contributed by atoms with Gasteiger partial charge in [0.05, 0.1) is 4.92 Å². The molecule has 0 N–H and O–H groups in total. The zero-order valence-corrected chi connectivity index (χ0v) is 15.2. The lowest BCUT2D eigenvalue weighted by Gasteiger charge is -2.44. The first-order valence-corrected chi connectivity index (χ1v) is 9.37. The Bertz CT molecular complexity index is 705. The molecule has 1 aliphatic heterocycles. The number of hydrogen-bond acceptors (Lipinski definition) is 6. The van der Waals surface area contributed by atoms with Gasteiger partial charge in [-0.2, -0.15) is 0 Å². The average Bonchev–Trinajstić information content (AvgIpc) is 2.70. The molecule has 0 unspecified atom stereocenters. The molecule has 1 saturated carbocycles. The zero-order chi connectivity index (χ0) is 19.2. The molecule has 8 heteroatoms. The summed E-state index contributed by atoms with van der Waals surface area (Å²) in [6.07, 6.45) is 6.69. The van der Waals surface area contributed by atoms with E-state index in [0.29, 0.717) is 12.5 Å². The number of piperidine rings is 1. The molecule has 1 heterocycles. The largest absolute Gasteiger partial charge is 0.475 e. The lowest BCUT2D eigenvalue weighted by molar-refractivity contribution is -0.385. The van der Waals surface area contributed by atoms with Crippen LogP contribution in [0.4, 0.5) is 5.69 Å². The first-order valence-electron chi connectivity index (χ1n) is 9.37. The summed E-state index contributed by atoms with van der Waals surface area (Å²) in [6.45, 7) is -0.0866. The van der Waals surface area contributed by atoms with Crippen molar-refractivity contribution in [2.45, 2.75) is 44.6 Å². The third-order valence-electron chi connectivity index (χ3n) is 5.33. The quantitative estimate of drug-likeness (QED) is 0.430. The first kappa shape index (κ1) is 19.1. The predicted molar refractivity (Wildman–Crippen MR) is 96.2 cm³/mol. The van der Waals surface area contributed by atoms with Crippen LogP contribution < -0.4 is 4.74 Å². The van der Waals surface area contributed by atoms with E-state index in [9.17, 15) is 19.7 Å². The summed E-state index contributed by atoms with van der Waals surface area (Å²) in [7, 11) is 0. The van der Waals surface area contributed by atoms with E-state index in [1.807, 2.05) is 4.90 Å². The smallest absolute Gasteiger partial charge is 0.344 e. The number of carbonyl (C=O) groups excluding carboxylic acids is 2. The highest BCUT2D eigenvalue weighted by Crippen LogP contribution is 2.35. The molecule has 27 heavy (non-hydrogen) atoms. The Kier molecular flexibility index (Phi) is 6.26. The number of ether oxygens (including phenoxy) is 2. The van der Waals surface area contributed by atoms with Gasteiger partial charge >= 0.3 is 11.7 Å². The second kappa shape index (κ2) is 8.83. The third-order valence-corrected chi connectivity index (χ3v) is 5.33. The van der Waals surface area contributed by atoms with E-state index >= 15 is 0 Å². The minimum Gasteiger partial charge on any atom is -0.475 e. The molecule has 2 aliphatic rings.